The van der Waals surface area contributed by atoms with E-state index in [2.05, 4.69) is 10.5 Å². The number of carbonyl (C=O) groups excluding carboxylic acids is 1. The van der Waals surface area contributed by atoms with Crippen molar-refractivity contribution in [2.45, 2.75) is 0 Å². The maximum Gasteiger partial charge on any atom is 0.273 e. The molecule has 1 aromatic heterocycles. The summed E-state index contributed by atoms with van der Waals surface area (Å²) in [6, 6.07) is 14.5. The second-order valence-corrected chi connectivity index (χ2v) is 5.94. The Labute approximate surface area is 154 Å². The topological polar surface area (TPSA) is 64.8 Å². The van der Waals surface area contributed by atoms with Crippen molar-refractivity contribution < 1.29 is 14.3 Å². The fourth-order valence-electron chi connectivity index (χ4n) is 2.64. The van der Waals surface area contributed by atoms with Gasteiger partial charge in [-0.2, -0.15) is 5.10 Å². The zero-order valence-electron chi connectivity index (χ0n) is 13.6. The van der Waals surface area contributed by atoms with E-state index in [9.17, 15) is 4.79 Å². The lowest BCUT2D eigenvalue weighted by Crippen LogP contribution is -2.19. The molecule has 0 aliphatic carbocycles. The first-order chi connectivity index (χ1) is 12.7. The summed E-state index contributed by atoms with van der Waals surface area (Å²) in [5.74, 6) is 0.874. The van der Waals surface area contributed by atoms with Crippen molar-refractivity contribution in [2.75, 3.05) is 6.79 Å². The second-order valence-electron chi connectivity index (χ2n) is 5.53. The van der Waals surface area contributed by atoms with Crippen molar-refractivity contribution in [3.8, 4) is 17.2 Å². The molecule has 1 N–H and O–H groups in total. The molecule has 2 aromatic carbocycles. The van der Waals surface area contributed by atoms with Gasteiger partial charge in [-0.25, -0.2) is 5.43 Å². The number of hydrogen-bond donors (Lipinski definition) is 1. The summed E-state index contributed by atoms with van der Waals surface area (Å²) in [6.07, 6.45) is 5.23. The van der Waals surface area contributed by atoms with Crippen molar-refractivity contribution in [3.05, 3.63) is 77.1 Å². The standard InChI is InChI=1S/C19H14ClN3O3/c20-15-10-18-17(25-12-26-18)9-13(15)11-21-22-19(24)14-5-1-2-6-16(14)23-7-3-4-8-23/h1-11H,12H2,(H,22,24)/b21-11-. The lowest BCUT2D eigenvalue weighted by Gasteiger charge is -2.09. The van der Waals surface area contributed by atoms with Crippen LogP contribution < -0.4 is 14.9 Å². The molecular formula is C19H14ClN3O3. The number of halogens is 1. The number of nitrogens with zero attached hydrogens (tertiary/aromatic N) is 2. The van der Waals surface area contributed by atoms with Crippen LogP contribution in [0.5, 0.6) is 11.5 Å². The first-order valence-electron chi connectivity index (χ1n) is 7.87. The Morgan fingerprint density at radius 2 is 1.85 bits per heavy atom. The van der Waals surface area contributed by atoms with Crippen molar-refractivity contribution in [2.24, 2.45) is 5.10 Å². The molecule has 0 fully saturated rings. The summed E-state index contributed by atoms with van der Waals surface area (Å²) in [6.45, 7) is 0.166. The predicted molar refractivity (Wildman–Crippen MR) is 98.4 cm³/mol. The molecule has 0 saturated heterocycles. The molecule has 7 heteroatoms. The van der Waals surface area contributed by atoms with E-state index in [1.165, 1.54) is 6.21 Å². The van der Waals surface area contributed by atoms with Crippen LogP contribution in [0.4, 0.5) is 0 Å². The van der Waals surface area contributed by atoms with E-state index < -0.39 is 0 Å². The maximum atomic E-state index is 12.5. The zero-order chi connectivity index (χ0) is 17.9. The SMILES string of the molecule is O=C(N/N=C\c1cc2c(cc1Cl)OCO2)c1ccccc1-n1cccc1. The summed E-state index contributed by atoms with van der Waals surface area (Å²) in [5.41, 5.74) is 4.43. The Hall–Kier alpha value is -3.25. The van der Waals surface area contributed by atoms with E-state index in [1.807, 2.05) is 41.2 Å². The highest BCUT2D eigenvalue weighted by Crippen LogP contribution is 2.36. The number of hydrazone groups is 1. The van der Waals surface area contributed by atoms with E-state index in [4.69, 9.17) is 21.1 Å². The summed E-state index contributed by atoms with van der Waals surface area (Å²) < 4.78 is 12.4. The first-order valence-corrected chi connectivity index (χ1v) is 8.25. The minimum absolute atomic E-state index is 0.166. The maximum absolute atomic E-state index is 12.5. The Morgan fingerprint density at radius 1 is 1.12 bits per heavy atom. The molecule has 2 heterocycles. The number of benzene rings is 2. The number of amides is 1. The molecule has 4 rings (SSSR count). The molecule has 130 valence electrons. The smallest absolute Gasteiger partial charge is 0.273 e. The van der Waals surface area contributed by atoms with Gasteiger partial charge in [-0.15, -0.1) is 0 Å². The van der Waals surface area contributed by atoms with Gasteiger partial charge in [0.05, 0.1) is 22.5 Å². The number of para-hydroxylation sites is 1. The van der Waals surface area contributed by atoms with Gasteiger partial charge in [0.2, 0.25) is 6.79 Å². The number of nitrogens with one attached hydrogen (secondary N) is 1. The van der Waals surface area contributed by atoms with Crippen molar-refractivity contribution >= 4 is 23.7 Å². The molecule has 0 radical (unpaired) electrons. The molecule has 1 aliphatic rings. The van der Waals surface area contributed by atoms with Crippen LogP contribution in [0.15, 0.2) is 66.0 Å². The van der Waals surface area contributed by atoms with Gasteiger partial charge in [-0.3, -0.25) is 4.79 Å². The van der Waals surface area contributed by atoms with E-state index >= 15 is 0 Å². The Bertz CT molecular complexity index is 984. The Balaban J connectivity index is 1.53. The lowest BCUT2D eigenvalue weighted by atomic mass is 10.1. The van der Waals surface area contributed by atoms with Crippen LogP contribution in [0.2, 0.25) is 5.02 Å². The number of ether oxygens (including phenoxy) is 2. The largest absolute Gasteiger partial charge is 0.454 e. The summed E-state index contributed by atoms with van der Waals surface area (Å²) >= 11 is 6.19. The monoisotopic (exact) mass is 367 g/mol. The third kappa shape index (κ3) is 3.14. The molecular weight excluding hydrogens is 354 g/mol. The molecule has 6 nitrogen and oxygen atoms in total. The van der Waals surface area contributed by atoms with E-state index in [0.717, 1.165) is 5.69 Å². The number of fused-ring (bicyclic) bond motifs is 1. The van der Waals surface area contributed by atoms with Gasteiger partial charge in [0, 0.05) is 24.0 Å². The van der Waals surface area contributed by atoms with Crippen LogP contribution in [-0.4, -0.2) is 23.5 Å². The third-order valence-electron chi connectivity index (χ3n) is 3.89. The minimum Gasteiger partial charge on any atom is -0.454 e. The molecule has 1 amide bonds. The van der Waals surface area contributed by atoms with E-state index in [0.29, 0.717) is 27.6 Å². The molecule has 26 heavy (non-hydrogen) atoms. The molecule has 0 bridgehead atoms. The average molecular weight is 368 g/mol. The first kappa shape index (κ1) is 16.2. The molecule has 0 atom stereocenters. The minimum atomic E-state index is -0.317. The van der Waals surface area contributed by atoms with Crippen LogP contribution in [-0.2, 0) is 0 Å². The van der Waals surface area contributed by atoms with Gasteiger partial charge in [-0.05, 0) is 30.3 Å². The number of aromatic nitrogens is 1. The van der Waals surface area contributed by atoms with Crippen molar-refractivity contribution in [3.63, 3.8) is 0 Å². The number of rotatable bonds is 4. The van der Waals surface area contributed by atoms with Crippen LogP contribution in [0.25, 0.3) is 5.69 Å². The summed E-state index contributed by atoms with van der Waals surface area (Å²) in [7, 11) is 0. The van der Waals surface area contributed by atoms with Crippen molar-refractivity contribution in [1.82, 2.24) is 9.99 Å². The van der Waals surface area contributed by atoms with Crippen LogP contribution >= 0.6 is 11.6 Å². The number of carbonyl (C=O) groups is 1. The number of hydrogen-bond acceptors (Lipinski definition) is 4. The second kappa shape index (κ2) is 6.93. The van der Waals surface area contributed by atoms with Gasteiger partial charge < -0.3 is 14.0 Å². The zero-order valence-corrected chi connectivity index (χ0v) is 14.3. The van der Waals surface area contributed by atoms with Gasteiger partial charge in [0.25, 0.3) is 5.91 Å². The Kier molecular flexibility index (Phi) is 4.33. The quantitative estimate of drug-likeness (QED) is 0.565. The summed E-state index contributed by atoms with van der Waals surface area (Å²) in [5, 5.41) is 4.47. The highest BCUT2D eigenvalue weighted by atomic mass is 35.5. The molecule has 0 unspecified atom stereocenters. The normalized spacial score (nSPS) is 12.5. The lowest BCUT2D eigenvalue weighted by molar-refractivity contribution is 0.0955. The van der Waals surface area contributed by atoms with Gasteiger partial charge in [0.1, 0.15) is 0 Å². The molecule has 0 saturated carbocycles. The van der Waals surface area contributed by atoms with Crippen LogP contribution in [0.3, 0.4) is 0 Å². The molecule has 0 spiro atoms. The van der Waals surface area contributed by atoms with E-state index in [-0.39, 0.29) is 12.7 Å². The highest BCUT2D eigenvalue weighted by molar-refractivity contribution is 6.33. The predicted octanol–water partition coefficient (Wildman–Crippen LogP) is 3.62. The van der Waals surface area contributed by atoms with Gasteiger partial charge in [0.15, 0.2) is 11.5 Å². The summed E-state index contributed by atoms with van der Waals surface area (Å²) in [4.78, 5) is 12.5. The molecule has 3 aromatic rings. The molecule has 1 aliphatic heterocycles. The Morgan fingerprint density at radius 3 is 2.65 bits per heavy atom. The average Bonchev–Trinajstić information content (AvgIpc) is 3.33. The third-order valence-corrected chi connectivity index (χ3v) is 4.22. The highest BCUT2D eigenvalue weighted by Gasteiger charge is 2.16. The fourth-order valence-corrected chi connectivity index (χ4v) is 2.84. The fraction of sp³-hybridized carbons (Fsp3) is 0.0526. The van der Waals surface area contributed by atoms with E-state index in [1.54, 1.807) is 24.3 Å². The van der Waals surface area contributed by atoms with Gasteiger partial charge >= 0.3 is 0 Å². The van der Waals surface area contributed by atoms with Crippen LogP contribution in [0, 0.1) is 0 Å². The van der Waals surface area contributed by atoms with Gasteiger partial charge in [-0.1, -0.05) is 23.7 Å². The van der Waals surface area contributed by atoms with Crippen LogP contribution in [0.1, 0.15) is 15.9 Å². The van der Waals surface area contributed by atoms with Crippen molar-refractivity contribution in [1.29, 1.82) is 0 Å².